The molecule has 2 amide bonds. The Morgan fingerprint density at radius 3 is 2.67 bits per heavy atom. The van der Waals surface area contributed by atoms with Gasteiger partial charge in [-0.25, -0.2) is 0 Å². The van der Waals surface area contributed by atoms with Crippen LogP contribution in [0.25, 0.3) is 0 Å². The second-order valence-corrected chi connectivity index (χ2v) is 6.24. The Kier molecular flexibility index (Phi) is 4.69. The van der Waals surface area contributed by atoms with Crippen LogP contribution in [-0.4, -0.2) is 23.8 Å². The fourth-order valence-corrected chi connectivity index (χ4v) is 3.30. The quantitative estimate of drug-likeness (QED) is 0.940. The number of hydrogen-bond acceptors (Lipinski definition) is 3. The Morgan fingerprint density at radius 1 is 1.25 bits per heavy atom. The molecule has 1 aliphatic heterocycles. The Balaban J connectivity index is 1.76. The summed E-state index contributed by atoms with van der Waals surface area (Å²) in [5.74, 6) is 1.33. The molecule has 1 saturated heterocycles. The highest BCUT2D eigenvalue weighted by molar-refractivity contribution is 5.84. The predicted octanol–water partition coefficient (Wildman–Crippen LogP) is 2.81. The summed E-state index contributed by atoms with van der Waals surface area (Å²) >= 11 is 0. The highest BCUT2D eigenvalue weighted by atomic mass is 16.3. The molecule has 126 valence electrons. The minimum Gasteiger partial charge on any atom is -0.465 e. The maximum Gasteiger partial charge on any atom is 0.225 e. The first-order chi connectivity index (χ1) is 11.6. The molecule has 0 radical (unpaired) electrons. The number of nitrogens with zero attached hydrogens (tertiary/aromatic N) is 1. The lowest BCUT2D eigenvalue weighted by atomic mass is 9.84. The van der Waals surface area contributed by atoms with Crippen LogP contribution >= 0.6 is 0 Å². The molecule has 5 nitrogen and oxygen atoms in total. The largest absolute Gasteiger partial charge is 0.465 e. The van der Waals surface area contributed by atoms with Crippen LogP contribution < -0.4 is 5.32 Å². The van der Waals surface area contributed by atoms with Crippen molar-refractivity contribution in [2.45, 2.75) is 32.4 Å². The zero-order valence-corrected chi connectivity index (χ0v) is 14.0. The lowest BCUT2D eigenvalue weighted by molar-refractivity contribution is -0.141. The second-order valence-electron chi connectivity index (χ2n) is 6.24. The number of aryl methyl sites for hydroxylation is 1. The highest BCUT2D eigenvalue weighted by Crippen LogP contribution is 2.35. The Morgan fingerprint density at radius 2 is 2.00 bits per heavy atom. The molecule has 5 heteroatoms. The van der Waals surface area contributed by atoms with E-state index >= 15 is 0 Å². The van der Waals surface area contributed by atoms with Crippen molar-refractivity contribution >= 4 is 11.8 Å². The molecular formula is C19H22N2O3. The Hall–Kier alpha value is -2.56. The molecule has 0 bridgehead atoms. The fraction of sp³-hybridized carbons (Fsp3) is 0.368. The van der Waals surface area contributed by atoms with Crippen molar-refractivity contribution in [1.29, 1.82) is 0 Å². The van der Waals surface area contributed by atoms with Gasteiger partial charge in [0.25, 0.3) is 0 Å². The van der Waals surface area contributed by atoms with Crippen LogP contribution in [0.2, 0.25) is 0 Å². The van der Waals surface area contributed by atoms with E-state index in [9.17, 15) is 9.59 Å². The summed E-state index contributed by atoms with van der Waals surface area (Å²) in [6.07, 6.45) is 0.962. The Labute approximate surface area is 141 Å². The third kappa shape index (κ3) is 3.35. The molecule has 24 heavy (non-hydrogen) atoms. The summed E-state index contributed by atoms with van der Waals surface area (Å²) in [6, 6.07) is 13.2. The molecule has 2 aromatic rings. The van der Waals surface area contributed by atoms with Gasteiger partial charge in [0.05, 0.1) is 18.5 Å². The van der Waals surface area contributed by atoms with Gasteiger partial charge in [-0.05, 0) is 31.0 Å². The van der Waals surface area contributed by atoms with E-state index in [1.165, 1.54) is 0 Å². The van der Waals surface area contributed by atoms with Gasteiger partial charge in [0.1, 0.15) is 11.5 Å². The fourth-order valence-electron chi connectivity index (χ4n) is 3.30. The first kappa shape index (κ1) is 16.3. The summed E-state index contributed by atoms with van der Waals surface area (Å²) in [5.41, 5.74) is 0.988. The van der Waals surface area contributed by atoms with Gasteiger partial charge in [0.2, 0.25) is 11.8 Å². The average Bonchev–Trinajstić information content (AvgIpc) is 3.01. The molecular weight excluding hydrogens is 304 g/mol. The number of furan rings is 1. The minimum absolute atomic E-state index is 0.0442. The second kappa shape index (κ2) is 6.91. The number of hydrogen-bond donors (Lipinski definition) is 1. The van der Waals surface area contributed by atoms with Crippen molar-refractivity contribution in [1.82, 2.24) is 10.2 Å². The normalized spacial score (nSPS) is 20.9. The zero-order valence-electron chi connectivity index (χ0n) is 14.0. The van der Waals surface area contributed by atoms with Gasteiger partial charge in [-0.15, -0.1) is 0 Å². The third-order valence-corrected chi connectivity index (χ3v) is 4.57. The number of carbonyl (C=O) groups excluding carboxylic acids is 2. The molecule has 1 aromatic carbocycles. The van der Waals surface area contributed by atoms with Crippen molar-refractivity contribution in [2.75, 3.05) is 7.05 Å². The molecule has 0 spiro atoms. The summed E-state index contributed by atoms with van der Waals surface area (Å²) in [5, 5.41) is 2.95. The SMILES string of the molecule is Cc1ccc(CNC(=O)[C@@H]2CCC(=O)N(C)[C@@H]2c2ccccc2)o1. The molecule has 1 N–H and O–H groups in total. The van der Waals surface area contributed by atoms with Crippen LogP contribution in [0.1, 0.15) is 36.0 Å². The summed E-state index contributed by atoms with van der Waals surface area (Å²) in [4.78, 5) is 26.5. The van der Waals surface area contributed by atoms with Crippen LogP contribution in [0, 0.1) is 12.8 Å². The molecule has 0 saturated carbocycles. The molecule has 1 aliphatic rings. The van der Waals surface area contributed by atoms with Crippen LogP contribution in [-0.2, 0) is 16.1 Å². The van der Waals surface area contributed by atoms with Gasteiger partial charge in [-0.1, -0.05) is 30.3 Å². The van der Waals surface area contributed by atoms with E-state index in [2.05, 4.69) is 5.32 Å². The van der Waals surface area contributed by atoms with Crippen LogP contribution in [0.4, 0.5) is 0 Å². The van der Waals surface area contributed by atoms with Gasteiger partial charge >= 0.3 is 0 Å². The van der Waals surface area contributed by atoms with E-state index in [4.69, 9.17) is 4.42 Å². The topological polar surface area (TPSA) is 62.6 Å². The molecule has 1 fully saturated rings. The highest BCUT2D eigenvalue weighted by Gasteiger charge is 2.38. The van der Waals surface area contributed by atoms with Gasteiger partial charge in [-0.3, -0.25) is 9.59 Å². The van der Waals surface area contributed by atoms with Crippen molar-refractivity contribution in [3.8, 4) is 0 Å². The van der Waals surface area contributed by atoms with E-state index in [1.54, 1.807) is 11.9 Å². The zero-order chi connectivity index (χ0) is 17.1. The number of benzene rings is 1. The lowest BCUT2D eigenvalue weighted by Crippen LogP contribution is -2.46. The molecule has 0 unspecified atom stereocenters. The van der Waals surface area contributed by atoms with E-state index in [0.29, 0.717) is 19.4 Å². The maximum atomic E-state index is 12.7. The maximum absolute atomic E-state index is 12.7. The molecule has 0 aliphatic carbocycles. The smallest absolute Gasteiger partial charge is 0.225 e. The summed E-state index contributed by atoms with van der Waals surface area (Å²) in [6.45, 7) is 2.24. The monoisotopic (exact) mass is 326 g/mol. The standard InChI is InChI=1S/C19H22N2O3/c1-13-8-9-15(24-13)12-20-19(23)16-10-11-17(22)21(2)18(16)14-6-4-3-5-7-14/h3-9,16,18H,10-12H2,1-2H3,(H,20,23)/t16-,18-/m1/s1. The summed E-state index contributed by atoms with van der Waals surface area (Å²) in [7, 11) is 1.77. The van der Waals surface area contributed by atoms with Gasteiger partial charge < -0.3 is 14.6 Å². The molecule has 2 heterocycles. The van der Waals surface area contributed by atoms with E-state index in [-0.39, 0.29) is 23.8 Å². The van der Waals surface area contributed by atoms with E-state index in [1.807, 2.05) is 49.4 Å². The van der Waals surface area contributed by atoms with Crippen molar-refractivity contribution in [2.24, 2.45) is 5.92 Å². The van der Waals surface area contributed by atoms with Gasteiger partial charge in [-0.2, -0.15) is 0 Å². The number of rotatable bonds is 4. The van der Waals surface area contributed by atoms with E-state index in [0.717, 1.165) is 17.1 Å². The van der Waals surface area contributed by atoms with Crippen molar-refractivity contribution in [3.05, 3.63) is 59.5 Å². The minimum atomic E-state index is -0.258. The molecule has 1 aromatic heterocycles. The molecule has 3 rings (SSSR count). The lowest BCUT2D eigenvalue weighted by Gasteiger charge is -2.38. The van der Waals surface area contributed by atoms with Gasteiger partial charge in [0.15, 0.2) is 0 Å². The predicted molar refractivity (Wildman–Crippen MR) is 90.0 cm³/mol. The van der Waals surface area contributed by atoms with Crippen LogP contribution in [0.5, 0.6) is 0 Å². The van der Waals surface area contributed by atoms with Crippen molar-refractivity contribution in [3.63, 3.8) is 0 Å². The number of amides is 2. The van der Waals surface area contributed by atoms with Crippen LogP contribution in [0.15, 0.2) is 46.9 Å². The number of piperidine rings is 1. The first-order valence-corrected chi connectivity index (χ1v) is 8.20. The third-order valence-electron chi connectivity index (χ3n) is 4.57. The molecule has 2 atom stereocenters. The van der Waals surface area contributed by atoms with Crippen LogP contribution in [0.3, 0.4) is 0 Å². The first-order valence-electron chi connectivity index (χ1n) is 8.20. The number of likely N-dealkylation sites (tertiary alicyclic amines) is 1. The number of carbonyl (C=O) groups is 2. The van der Waals surface area contributed by atoms with Crippen molar-refractivity contribution < 1.29 is 14.0 Å². The van der Waals surface area contributed by atoms with E-state index < -0.39 is 0 Å². The Bertz CT molecular complexity index is 723. The van der Waals surface area contributed by atoms with Gasteiger partial charge in [0, 0.05) is 13.5 Å². The summed E-state index contributed by atoms with van der Waals surface area (Å²) < 4.78 is 5.49. The number of nitrogens with one attached hydrogen (secondary N) is 1. The average molecular weight is 326 g/mol.